The maximum atomic E-state index is 13.6. The van der Waals surface area contributed by atoms with Crippen LogP contribution in [0.4, 0.5) is 9.18 Å². The third-order valence-corrected chi connectivity index (χ3v) is 3.18. The Hall–Kier alpha value is -1.14. The summed E-state index contributed by atoms with van der Waals surface area (Å²) >= 11 is 3.32. The predicted octanol–water partition coefficient (Wildman–Crippen LogP) is 2.51. The van der Waals surface area contributed by atoms with E-state index in [1.807, 2.05) is 6.92 Å². The van der Waals surface area contributed by atoms with Crippen LogP contribution in [0.1, 0.15) is 18.5 Å². The maximum absolute atomic E-state index is 13.6. The van der Waals surface area contributed by atoms with Gasteiger partial charge in [0.2, 0.25) is 0 Å². The van der Waals surface area contributed by atoms with Crippen LogP contribution in [-0.4, -0.2) is 38.1 Å². The summed E-state index contributed by atoms with van der Waals surface area (Å²) in [5, 5.41) is 5.90. The Kier molecular flexibility index (Phi) is 6.24. The van der Waals surface area contributed by atoms with Crippen LogP contribution in [0.5, 0.6) is 0 Å². The molecule has 106 valence electrons. The number of nitrogens with zero attached hydrogens (tertiary/aromatic N) is 1. The van der Waals surface area contributed by atoms with Crippen LogP contribution in [0.15, 0.2) is 22.7 Å². The number of halogens is 2. The van der Waals surface area contributed by atoms with Crippen molar-refractivity contribution < 1.29 is 9.18 Å². The smallest absolute Gasteiger partial charge is 0.316 e. The van der Waals surface area contributed by atoms with Gasteiger partial charge >= 0.3 is 6.03 Å². The molecular weight excluding hydrogens is 313 g/mol. The molecule has 4 nitrogen and oxygen atoms in total. The van der Waals surface area contributed by atoms with Crippen molar-refractivity contribution in [3.63, 3.8) is 0 Å². The zero-order valence-corrected chi connectivity index (χ0v) is 12.9. The Bertz CT molecular complexity index is 440. The Balaban J connectivity index is 2.41. The molecule has 0 aliphatic heterocycles. The molecule has 0 aliphatic carbocycles. The highest BCUT2D eigenvalue weighted by atomic mass is 79.9. The monoisotopic (exact) mass is 331 g/mol. The largest absolute Gasteiger partial charge is 0.337 e. The third kappa shape index (κ3) is 5.16. The van der Waals surface area contributed by atoms with Crippen molar-refractivity contribution in [2.75, 3.05) is 27.2 Å². The molecular formula is C13H19BrFN3O. The number of carbonyl (C=O) groups excluding carboxylic acids is 1. The number of urea groups is 1. The second kappa shape index (κ2) is 7.45. The van der Waals surface area contributed by atoms with E-state index in [0.717, 1.165) is 4.47 Å². The van der Waals surface area contributed by atoms with E-state index in [2.05, 4.69) is 26.6 Å². The molecule has 0 saturated heterocycles. The van der Waals surface area contributed by atoms with Crippen LogP contribution in [0.2, 0.25) is 0 Å². The molecule has 6 heteroatoms. The van der Waals surface area contributed by atoms with E-state index in [0.29, 0.717) is 18.7 Å². The number of nitrogens with one attached hydrogen (secondary N) is 2. The van der Waals surface area contributed by atoms with E-state index in [-0.39, 0.29) is 17.9 Å². The van der Waals surface area contributed by atoms with Gasteiger partial charge in [-0.05, 0) is 25.1 Å². The average Bonchev–Trinajstić information content (AvgIpc) is 2.36. The fourth-order valence-electron chi connectivity index (χ4n) is 1.57. The molecule has 1 aromatic rings. The van der Waals surface area contributed by atoms with Crippen LogP contribution >= 0.6 is 15.9 Å². The topological polar surface area (TPSA) is 44.4 Å². The molecule has 0 fully saturated rings. The Morgan fingerprint density at radius 2 is 2.11 bits per heavy atom. The van der Waals surface area contributed by atoms with Gasteiger partial charge in [-0.1, -0.05) is 15.9 Å². The van der Waals surface area contributed by atoms with E-state index < -0.39 is 0 Å². The van der Waals surface area contributed by atoms with Crippen LogP contribution in [-0.2, 0) is 0 Å². The van der Waals surface area contributed by atoms with Gasteiger partial charge in [0.05, 0.1) is 0 Å². The van der Waals surface area contributed by atoms with Gasteiger partial charge in [0.25, 0.3) is 0 Å². The van der Waals surface area contributed by atoms with Gasteiger partial charge in [-0.2, -0.15) is 0 Å². The first-order valence-corrected chi connectivity index (χ1v) is 6.84. The lowest BCUT2D eigenvalue weighted by Crippen LogP contribution is -2.38. The van der Waals surface area contributed by atoms with E-state index in [1.54, 1.807) is 26.2 Å². The highest BCUT2D eigenvalue weighted by Crippen LogP contribution is 2.21. The number of rotatable bonds is 5. The summed E-state index contributed by atoms with van der Waals surface area (Å²) in [7, 11) is 3.37. The highest BCUT2D eigenvalue weighted by molar-refractivity contribution is 9.10. The number of benzene rings is 1. The molecule has 1 rings (SSSR count). The molecule has 0 aliphatic rings. The minimum Gasteiger partial charge on any atom is -0.337 e. The van der Waals surface area contributed by atoms with Crippen molar-refractivity contribution in [2.24, 2.45) is 0 Å². The normalized spacial score (nSPS) is 12.1. The molecule has 19 heavy (non-hydrogen) atoms. The number of hydrogen-bond acceptors (Lipinski definition) is 2. The van der Waals surface area contributed by atoms with Crippen LogP contribution in [0.3, 0.4) is 0 Å². The first-order valence-electron chi connectivity index (χ1n) is 6.05. The highest BCUT2D eigenvalue weighted by Gasteiger charge is 2.10. The Morgan fingerprint density at radius 3 is 2.74 bits per heavy atom. The predicted molar refractivity (Wildman–Crippen MR) is 77.6 cm³/mol. The number of carbonyl (C=O) groups is 1. The van der Waals surface area contributed by atoms with Crippen molar-refractivity contribution in [2.45, 2.75) is 13.0 Å². The fraction of sp³-hybridized carbons (Fsp3) is 0.462. The van der Waals surface area contributed by atoms with E-state index in [9.17, 15) is 9.18 Å². The van der Waals surface area contributed by atoms with Crippen molar-refractivity contribution in [3.05, 3.63) is 34.1 Å². The summed E-state index contributed by atoms with van der Waals surface area (Å²) in [5.74, 6) is -0.236. The Labute approximate surface area is 121 Å². The molecule has 0 bridgehead atoms. The SMILES string of the molecule is CC(NCCNC(=O)N(C)C)c1cc(Br)ccc1F. The van der Waals surface area contributed by atoms with Gasteiger partial charge in [0, 0.05) is 43.3 Å². The lowest BCUT2D eigenvalue weighted by Gasteiger charge is -2.17. The first kappa shape index (κ1) is 15.9. The number of amides is 2. The Morgan fingerprint density at radius 1 is 1.42 bits per heavy atom. The minimum atomic E-state index is -0.236. The van der Waals surface area contributed by atoms with E-state index >= 15 is 0 Å². The minimum absolute atomic E-state index is 0.117. The van der Waals surface area contributed by atoms with Gasteiger partial charge in [-0.25, -0.2) is 9.18 Å². The summed E-state index contributed by atoms with van der Waals surface area (Å²) in [4.78, 5) is 12.7. The molecule has 0 radical (unpaired) electrons. The lowest BCUT2D eigenvalue weighted by atomic mass is 10.1. The van der Waals surface area contributed by atoms with Gasteiger partial charge in [-0.15, -0.1) is 0 Å². The van der Waals surface area contributed by atoms with Crippen LogP contribution in [0, 0.1) is 5.82 Å². The summed E-state index contributed by atoms with van der Waals surface area (Å²) in [6.07, 6.45) is 0. The first-order chi connectivity index (χ1) is 8.91. The van der Waals surface area contributed by atoms with Crippen molar-refractivity contribution in [1.82, 2.24) is 15.5 Å². The van der Waals surface area contributed by atoms with Crippen molar-refractivity contribution in [1.29, 1.82) is 0 Å². The zero-order chi connectivity index (χ0) is 14.4. The van der Waals surface area contributed by atoms with E-state index in [4.69, 9.17) is 0 Å². The van der Waals surface area contributed by atoms with Crippen LogP contribution < -0.4 is 10.6 Å². The molecule has 0 aromatic heterocycles. The molecule has 2 N–H and O–H groups in total. The summed E-state index contributed by atoms with van der Waals surface area (Å²) in [6, 6.07) is 4.61. The van der Waals surface area contributed by atoms with Gasteiger partial charge < -0.3 is 15.5 Å². The molecule has 0 heterocycles. The second-order valence-electron chi connectivity index (χ2n) is 4.47. The maximum Gasteiger partial charge on any atom is 0.316 e. The fourth-order valence-corrected chi connectivity index (χ4v) is 1.95. The zero-order valence-electron chi connectivity index (χ0n) is 11.3. The quantitative estimate of drug-likeness (QED) is 0.814. The van der Waals surface area contributed by atoms with Crippen LogP contribution in [0.25, 0.3) is 0 Å². The van der Waals surface area contributed by atoms with Crippen molar-refractivity contribution in [3.8, 4) is 0 Å². The molecule has 1 atom stereocenters. The summed E-state index contributed by atoms with van der Waals surface area (Å²) in [6.45, 7) is 2.96. The van der Waals surface area contributed by atoms with Gasteiger partial charge in [0.15, 0.2) is 0 Å². The third-order valence-electron chi connectivity index (χ3n) is 2.68. The molecule has 1 unspecified atom stereocenters. The lowest BCUT2D eigenvalue weighted by molar-refractivity contribution is 0.217. The van der Waals surface area contributed by atoms with Crippen molar-refractivity contribution >= 4 is 22.0 Å². The standard InChI is InChI=1S/C13H19BrFN3O/c1-9(11-8-10(14)4-5-12(11)15)16-6-7-17-13(19)18(2)3/h4-5,8-9,16H,6-7H2,1-3H3,(H,17,19). The number of hydrogen-bond donors (Lipinski definition) is 2. The average molecular weight is 332 g/mol. The molecule has 0 spiro atoms. The summed E-state index contributed by atoms with van der Waals surface area (Å²) < 4.78 is 14.5. The molecule has 2 amide bonds. The second-order valence-corrected chi connectivity index (χ2v) is 5.38. The summed E-state index contributed by atoms with van der Waals surface area (Å²) in [5.41, 5.74) is 0.605. The van der Waals surface area contributed by atoms with Gasteiger partial charge in [-0.3, -0.25) is 0 Å². The molecule has 0 saturated carbocycles. The van der Waals surface area contributed by atoms with E-state index in [1.165, 1.54) is 11.0 Å². The van der Waals surface area contributed by atoms with Gasteiger partial charge in [0.1, 0.15) is 5.82 Å². The molecule has 1 aromatic carbocycles.